The van der Waals surface area contributed by atoms with Gasteiger partial charge in [0.05, 0.1) is 34.7 Å². The van der Waals surface area contributed by atoms with Crippen molar-refractivity contribution in [1.82, 2.24) is 29.5 Å². The van der Waals surface area contributed by atoms with Gasteiger partial charge in [-0.25, -0.2) is 23.1 Å². The van der Waals surface area contributed by atoms with Crippen molar-refractivity contribution in [3.8, 4) is 0 Å². The number of aromatic nitrogens is 5. The van der Waals surface area contributed by atoms with Crippen molar-refractivity contribution < 1.29 is 22.7 Å². The summed E-state index contributed by atoms with van der Waals surface area (Å²) >= 11 is 0. The Morgan fingerprint density at radius 3 is 2.76 bits per heavy atom. The Labute approximate surface area is 216 Å². The normalized spacial score (nSPS) is 20.3. The predicted molar refractivity (Wildman–Crippen MR) is 133 cm³/mol. The first-order chi connectivity index (χ1) is 18.3. The molecule has 1 spiro atoms. The summed E-state index contributed by atoms with van der Waals surface area (Å²) in [6.07, 6.45) is 1.11. The Morgan fingerprint density at radius 1 is 1.18 bits per heavy atom. The molecule has 9 nitrogen and oxygen atoms in total. The Balaban J connectivity index is 1.45. The van der Waals surface area contributed by atoms with E-state index in [1.807, 2.05) is 4.90 Å². The van der Waals surface area contributed by atoms with E-state index >= 15 is 0 Å². The number of halogens is 3. The summed E-state index contributed by atoms with van der Waals surface area (Å²) in [4.78, 5) is 24.9. The fourth-order valence-corrected chi connectivity index (χ4v) is 5.69. The van der Waals surface area contributed by atoms with E-state index in [2.05, 4.69) is 25.5 Å². The highest BCUT2D eigenvalue weighted by molar-refractivity contribution is 6.05. The largest absolute Gasteiger partial charge is 0.379 e. The van der Waals surface area contributed by atoms with Gasteiger partial charge in [0, 0.05) is 18.7 Å². The summed E-state index contributed by atoms with van der Waals surface area (Å²) in [6, 6.07) is 4.90. The average Bonchev–Trinajstić information content (AvgIpc) is 3.65. The molecule has 1 aromatic carbocycles. The molecule has 0 bridgehead atoms. The van der Waals surface area contributed by atoms with Crippen molar-refractivity contribution in [3.63, 3.8) is 0 Å². The van der Waals surface area contributed by atoms with Crippen molar-refractivity contribution in [2.45, 2.75) is 51.1 Å². The maximum Gasteiger partial charge on any atom is 0.266 e. The molecule has 4 aromatic rings. The minimum Gasteiger partial charge on any atom is -0.379 e. The maximum atomic E-state index is 14.9. The summed E-state index contributed by atoms with van der Waals surface area (Å²) in [5.74, 6) is -0.382. The van der Waals surface area contributed by atoms with Crippen LogP contribution < -0.4 is 5.32 Å². The van der Waals surface area contributed by atoms with Crippen LogP contribution in [0, 0.1) is 12.7 Å². The molecule has 5 heterocycles. The molecule has 38 heavy (non-hydrogen) atoms. The van der Waals surface area contributed by atoms with Crippen LogP contribution in [0.4, 0.5) is 19.0 Å². The number of nitrogens with one attached hydrogen (secondary N) is 1. The fraction of sp³-hybridized carbons (Fsp3) is 0.423. The van der Waals surface area contributed by atoms with Gasteiger partial charge < -0.3 is 15.0 Å². The molecule has 3 aromatic heterocycles. The molecule has 2 fully saturated rings. The number of aryl methyl sites for hydroxylation is 1. The number of amides is 1. The van der Waals surface area contributed by atoms with Crippen LogP contribution in [0.1, 0.15) is 66.0 Å². The maximum absolute atomic E-state index is 14.9. The van der Waals surface area contributed by atoms with E-state index in [-0.39, 0.29) is 17.0 Å². The van der Waals surface area contributed by atoms with Gasteiger partial charge in [0.2, 0.25) is 0 Å². The molecule has 1 amide bonds. The first kappa shape index (κ1) is 24.5. The number of hydrogen-bond donors (Lipinski definition) is 1. The van der Waals surface area contributed by atoms with E-state index in [9.17, 15) is 18.0 Å². The average molecular weight is 526 g/mol. The number of rotatable bonds is 5. The number of nitrogens with zero attached hydrogens (tertiary/aromatic N) is 6. The molecular weight excluding hydrogens is 499 g/mol. The number of ether oxygens (including phenoxy) is 1. The lowest BCUT2D eigenvalue weighted by molar-refractivity contribution is 0.0551. The Bertz CT molecular complexity index is 1550. The number of anilines is 1. The lowest BCUT2D eigenvalue weighted by Gasteiger charge is -2.33. The smallest absolute Gasteiger partial charge is 0.266 e. The van der Waals surface area contributed by atoms with Gasteiger partial charge in [0.1, 0.15) is 23.8 Å². The highest BCUT2D eigenvalue weighted by Gasteiger charge is 2.47. The first-order valence-corrected chi connectivity index (χ1v) is 12.5. The minimum atomic E-state index is -2.93. The molecule has 1 unspecified atom stereocenters. The van der Waals surface area contributed by atoms with Crippen molar-refractivity contribution in [2.75, 3.05) is 25.1 Å². The topological polar surface area (TPSA) is 97.5 Å². The number of hydrogen-bond acceptors (Lipinski definition) is 7. The second-order valence-electron chi connectivity index (χ2n) is 9.94. The highest BCUT2D eigenvalue weighted by Crippen LogP contribution is 2.38. The molecule has 0 aliphatic carbocycles. The third-order valence-electron chi connectivity index (χ3n) is 7.61. The summed E-state index contributed by atoms with van der Waals surface area (Å²) in [6.45, 7) is 5.10. The van der Waals surface area contributed by atoms with Crippen molar-refractivity contribution in [1.29, 1.82) is 0 Å². The molecule has 2 atom stereocenters. The third kappa shape index (κ3) is 3.85. The molecular formula is C26H26F3N7O2. The number of carbonyl (C=O) groups excluding carboxylic acids is 1. The van der Waals surface area contributed by atoms with Crippen LogP contribution >= 0.6 is 0 Å². The van der Waals surface area contributed by atoms with Crippen molar-refractivity contribution >= 4 is 28.4 Å². The number of pyridine rings is 1. The lowest BCUT2D eigenvalue weighted by atomic mass is 9.95. The van der Waals surface area contributed by atoms with Gasteiger partial charge in [-0.1, -0.05) is 18.2 Å². The van der Waals surface area contributed by atoms with Gasteiger partial charge in [-0.3, -0.25) is 9.20 Å². The zero-order valence-electron chi connectivity index (χ0n) is 20.9. The van der Waals surface area contributed by atoms with Crippen LogP contribution in [-0.2, 0) is 4.74 Å². The van der Waals surface area contributed by atoms with E-state index in [0.717, 1.165) is 25.3 Å². The van der Waals surface area contributed by atoms with Crippen LogP contribution in [0.2, 0.25) is 0 Å². The van der Waals surface area contributed by atoms with E-state index in [4.69, 9.17) is 4.74 Å². The molecule has 12 heteroatoms. The number of likely N-dealkylation sites (tertiary alicyclic amines) is 1. The van der Waals surface area contributed by atoms with Gasteiger partial charge in [-0.15, -0.1) is 10.2 Å². The molecule has 0 saturated carbocycles. The Hall–Kier alpha value is -3.80. The first-order valence-electron chi connectivity index (χ1n) is 12.5. The monoisotopic (exact) mass is 525 g/mol. The Morgan fingerprint density at radius 2 is 2.00 bits per heavy atom. The molecule has 1 N–H and O–H groups in total. The predicted octanol–water partition coefficient (Wildman–Crippen LogP) is 4.63. The summed E-state index contributed by atoms with van der Waals surface area (Å²) in [5, 5.41) is 11.9. The fourth-order valence-electron chi connectivity index (χ4n) is 5.69. The number of benzene rings is 1. The van der Waals surface area contributed by atoms with E-state index in [1.165, 1.54) is 18.5 Å². The second-order valence-corrected chi connectivity index (χ2v) is 9.94. The quantitative estimate of drug-likeness (QED) is 0.406. The number of fused-ring (bicyclic) bond motifs is 3. The second kappa shape index (κ2) is 9.19. The summed E-state index contributed by atoms with van der Waals surface area (Å²) in [7, 11) is 0. The molecule has 198 valence electrons. The SMILES string of the molecule is Cc1nc(N[C@H](C)c2cccc(C(F)F)c2F)c2cc(C(=O)N3CCCC34CCOC4)c3nncn3c2n1. The number of carbonyl (C=O) groups is 1. The third-order valence-corrected chi connectivity index (χ3v) is 7.61. The van der Waals surface area contributed by atoms with Gasteiger partial charge in [0.25, 0.3) is 12.3 Å². The van der Waals surface area contributed by atoms with Crippen molar-refractivity contribution in [2.24, 2.45) is 0 Å². The van der Waals surface area contributed by atoms with Crippen LogP contribution in [-0.4, -0.2) is 60.7 Å². The lowest BCUT2D eigenvalue weighted by Crippen LogP contribution is -2.48. The molecule has 2 aliphatic heterocycles. The van der Waals surface area contributed by atoms with Crippen LogP contribution in [0.3, 0.4) is 0 Å². The molecule has 0 radical (unpaired) electrons. The molecule has 6 rings (SSSR count). The Kier molecular flexibility index (Phi) is 5.93. The van der Waals surface area contributed by atoms with Crippen LogP contribution in [0.15, 0.2) is 30.6 Å². The standard InChI is InChI=1S/C26H26F3N7O2/c1-14(16-5-3-6-17(20(16)27)21(28)29)31-22-18-11-19(24-34-30-13-35(24)23(18)33-15(2)32-22)25(37)36-9-4-7-26(36)8-10-38-12-26/h3,5-6,11,13-14,21H,4,7-10,12H2,1-2H3,(H,31,32,33)/t14-,26?/m1/s1. The highest BCUT2D eigenvalue weighted by atomic mass is 19.3. The van der Waals surface area contributed by atoms with Crippen molar-refractivity contribution in [3.05, 3.63) is 58.9 Å². The van der Waals surface area contributed by atoms with E-state index in [0.29, 0.717) is 53.6 Å². The van der Waals surface area contributed by atoms with Gasteiger partial charge in [-0.05, 0) is 39.2 Å². The zero-order valence-corrected chi connectivity index (χ0v) is 20.9. The zero-order chi connectivity index (χ0) is 26.6. The van der Waals surface area contributed by atoms with Crippen LogP contribution in [0.25, 0.3) is 16.7 Å². The summed E-state index contributed by atoms with van der Waals surface area (Å²) < 4.78 is 48.8. The van der Waals surface area contributed by atoms with Gasteiger partial charge >= 0.3 is 0 Å². The van der Waals surface area contributed by atoms with Crippen LogP contribution in [0.5, 0.6) is 0 Å². The summed E-state index contributed by atoms with van der Waals surface area (Å²) in [5.41, 5.74) is 0.276. The van der Waals surface area contributed by atoms with E-state index in [1.54, 1.807) is 24.3 Å². The van der Waals surface area contributed by atoms with Gasteiger partial charge in [0.15, 0.2) is 11.3 Å². The van der Waals surface area contributed by atoms with Gasteiger partial charge in [-0.2, -0.15) is 0 Å². The number of alkyl halides is 2. The molecule has 2 aliphatic rings. The minimum absolute atomic E-state index is 0.0779. The molecule has 2 saturated heterocycles. The van der Waals surface area contributed by atoms with E-state index < -0.39 is 23.8 Å².